The van der Waals surface area contributed by atoms with E-state index in [0.29, 0.717) is 6.04 Å². The monoisotopic (exact) mass is 185 g/mol. The largest absolute Gasteiger partial charge is 0.348 e. The minimum absolute atomic E-state index is 0.302. The third-order valence-corrected chi connectivity index (χ3v) is 3.18. The smallest absolute Gasteiger partial charge is 0.167 e. The van der Waals surface area contributed by atoms with Crippen LogP contribution in [-0.2, 0) is 9.47 Å². The minimum Gasteiger partial charge on any atom is -0.348 e. The lowest BCUT2D eigenvalue weighted by atomic mass is 10.1. The van der Waals surface area contributed by atoms with Gasteiger partial charge in [-0.05, 0) is 33.4 Å². The normalized spacial score (nSPS) is 34.2. The maximum Gasteiger partial charge on any atom is 0.167 e. The Morgan fingerprint density at radius 3 is 2.62 bits per heavy atom. The van der Waals surface area contributed by atoms with Crippen molar-refractivity contribution in [1.82, 2.24) is 4.90 Å². The van der Waals surface area contributed by atoms with Gasteiger partial charge in [0.25, 0.3) is 0 Å². The summed E-state index contributed by atoms with van der Waals surface area (Å²) in [6.07, 6.45) is 3.62. The molecule has 0 amide bonds. The summed E-state index contributed by atoms with van der Waals surface area (Å²) in [5.74, 6) is -0.302. The molecular weight excluding hydrogens is 166 g/mol. The molecule has 13 heavy (non-hydrogen) atoms. The third kappa shape index (κ3) is 2.03. The first-order valence-electron chi connectivity index (χ1n) is 5.18. The second-order valence-electron chi connectivity index (χ2n) is 4.31. The lowest BCUT2D eigenvalue weighted by molar-refractivity contribution is -0.154. The summed E-state index contributed by atoms with van der Waals surface area (Å²) in [6, 6.07) is 0.656. The highest BCUT2D eigenvalue weighted by molar-refractivity contribution is 4.82. The zero-order chi connectivity index (χ0) is 9.31. The molecule has 3 heteroatoms. The Morgan fingerprint density at radius 1 is 1.38 bits per heavy atom. The van der Waals surface area contributed by atoms with Gasteiger partial charge in [0, 0.05) is 12.5 Å². The van der Waals surface area contributed by atoms with E-state index in [1.54, 1.807) is 0 Å². The van der Waals surface area contributed by atoms with E-state index >= 15 is 0 Å². The van der Waals surface area contributed by atoms with Gasteiger partial charge in [0.2, 0.25) is 0 Å². The molecule has 0 aliphatic carbocycles. The van der Waals surface area contributed by atoms with Crippen LogP contribution in [0.4, 0.5) is 0 Å². The third-order valence-electron chi connectivity index (χ3n) is 3.18. The number of nitrogens with zero attached hydrogens (tertiary/aromatic N) is 1. The van der Waals surface area contributed by atoms with E-state index in [1.807, 2.05) is 0 Å². The van der Waals surface area contributed by atoms with Crippen LogP contribution in [0, 0.1) is 0 Å². The summed E-state index contributed by atoms with van der Waals surface area (Å²) >= 11 is 0. The first-order valence-corrected chi connectivity index (χ1v) is 5.18. The highest BCUT2D eigenvalue weighted by Crippen LogP contribution is 2.29. The maximum absolute atomic E-state index is 5.60. The SMILES string of the molecule is CN1CCC[C@H]1CC1(C)OCCO1. The molecule has 2 heterocycles. The molecule has 1 atom stereocenters. The predicted molar refractivity (Wildman–Crippen MR) is 50.6 cm³/mol. The minimum atomic E-state index is -0.302. The lowest BCUT2D eigenvalue weighted by Gasteiger charge is -2.29. The summed E-state index contributed by atoms with van der Waals surface area (Å²) in [5, 5.41) is 0. The van der Waals surface area contributed by atoms with Crippen molar-refractivity contribution in [1.29, 1.82) is 0 Å². The number of hydrogen-bond donors (Lipinski definition) is 0. The van der Waals surface area contributed by atoms with Gasteiger partial charge in [-0.3, -0.25) is 0 Å². The quantitative estimate of drug-likeness (QED) is 0.646. The molecule has 0 saturated carbocycles. The number of rotatable bonds is 2. The van der Waals surface area contributed by atoms with E-state index in [2.05, 4.69) is 18.9 Å². The van der Waals surface area contributed by atoms with Crippen molar-refractivity contribution in [2.24, 2.45) is 0 Å². The van der Waals surface area contributed by atoms with Crippen molar-refractivity contribution in [3.05, 3.63) is 0 Å². The fourth-order valence-electron chi connectivity index (χ4n) is 2.34. The average Bonchev–Trinajstić information content (AvgIpc) is 2.64. The van der Waals surface area contributed by atoms with Crippen LogP contribution in [0.1, 0.15) is 26.2 Å². The van der Waals surface area contributed by atoms with Crippen LogP contribution in [0.5, 0.6) is 0 Å². The van der Waals surface area contributed by atoms with Crippen LogP contribution in [0.3, 0.4) is 0 Å². The summed E-state index contributed by atoms with van der Waals surface area (Å²) < 4.78 is 11.2. The van der Waals surface area contributed by atoms with Crippen molar-refractivity contribution < 1.29 is 9.47 Å². The second-order valence-corrected chi connectivity index (χ2v) is 4.31. The highest BCUT2D eigenvalue weighted by Gasteiger charge is 2.36. The standard InChI is InChI=1S/C10H19NO2/c1-10(12-6-7-13-10)8-9-4-3-5-11(9)2/h9H,3-8H2,1-2H3/t9-/m0/s1. The average molecular weight is 185 g/mol. The summed E-state index contributed by atoms with van der Waals surface area (Å²) in [4.78, 5) is 2.41. The Bertz CT molecular complexity index is 178. The van der Waals surface area contributed by atoms with Gasteiger partial charge in [0.05, 0.1) is 13.2 Å². The molecule has 2 saturated heterocycles. The molecule has 2 aliphatic heterocycles. The van der Waals surface area contributed by atoms with Crippen molar-refractivity contribution >= 4 is 0 Å². The highest BCUT2D eigenvalue weighted by atomic mass is 16.7. The van der Waals surface area contributed by atoms with Gasteiger partial charge in [-0.1, -0.05) is 0 Å². The zero-order valence-corrected chi connectivity index (χ0v) is 8.58. The first kappa shape index (κ1) is 9.44. The van der Waals surface area contributed by atoms with Crippen LogP contribution >= 0.6 is 0 Å². The molecule has 0 radical (unpaired) electrons. The lowest BCUT2D eigenvalue weighted by Crippen LogP contribution is -2.36. The van der Waals surface area contributed by atoms with Gasteiger partial charge in [0.1, 0.15) is 0 Å². The zero-order valence-electron chi connectivity index (χ0n) is 8.58. The van der Waals surface area contributed by atoms with Gasteiger partial charge >= 0.3 is 0 Å². The molecule has 0 aromatic rings. The van der Waals surface area contributed by atoms with Gasteiger partial charge in [0.15, 0.2) is 5.79 Å². The van der Waals surface area contributed by atoms with E-state index in [4.69, 9.17) is 9.47 Å². The van der Waals surface area contributed by atoms with Crippen molar-refractivity contribution in [3.8, 4) is 0 Å². The molecule has 0 aromatic heterocycles. The molecule has 0 unspecified atom stereocenters. The van der Waals surface area contributed by atoms with Gasteiger partial charge in [-0.25, -0.2) is 0 Å². The van der Waals surface area contributed by atoms with Gasteiger partial charge in [-0.15, -0.1) is 0 Å². The van der Waals surface area contributed by atoms with Crippen molar-refractivity contribution in [3.63, 3.8) is 0 Å². The summed E-state index contributed by atoms with van der Waals surface area (Å²) in [7, 11) is 2.19. The Kier molecular flexibility index (Phi) is 2.58. The number of likely N-dealkylation sites (tertiary alicyclic amines) is 1. The molecule has 3 nitrogen and oxygen atoms in total. The van der Waals surface area contributed by atoms with Gasteiger partial charge < -0.3 is 14.4 Å². The molecule has 2 fully saturated rings. The number of hydrogen-bond acceptors (Lipinski definition) is 3. The Hall–Kier alpha value is -0.120. The van der Waals surface area contributed by atoms with E-state index in [9.17, 15) is 0 Å². The van der Waals surface area contributed by atoms with E-state index in [0.717, 1.165) is 19.6 Å². The molecule has 0 N–H and O–H groups in total. The fraction of sp³-hybridized carbons (Fsp3) is 1.00. The predicted octanol–water partition coefficient (Wildman–Crippen LogP) is 1.23. The molecule has 2 rings (SSSR count). The van der Waals surface area contributed by atoms with Crippen LogP contribution in [0.2, 0.25) is 0 Å². The van der Waals surface area contributed by atoms with E-state index in [1.165, 1.54) is 19.4 Å². The molecular formula is C10H19NO2. The Labute approximate surface area is 80.0 Å². The summed E-state index contributed by atoms with van der Waals surface area (Å²) in [5.41, 5.74) is 0. The Balaban J connectivity index is 1.88. The first-order chi connectivity index (χ1) is 6.20. The van der Waals surface area contributed by atoms with Crippen molar-refractivity contribution in [2.45, 2.75) is 38.0 Å². The molecule has 0 bridgehead atoms. The van der Waals surface area contributed by atoms with Crippen LogP contribution in [-0.4, -0.2) is 43.5 Å². The van der Waals surface area contributed by atoms with Crippen LogP contribution in [0.15, 0.2) is 0 Å². The van der Waals surface area contributed by atoms with E-state index in [-0.39, 0.29) is 5.79 Å². The topological polar surface area (TPSA) is 21.7 Å². The van der Waals surface area contributed by atoms with Gasteiger partial charge in [-0.2, -0.15) is 0 Å². The van der Waals surface area contributed by atoms with Crippen LogP contribution < -0.4 is 0 Å². The molecule has 76 valence electrons. The van der Waals surface area contributed by atoms with Crippen LogP contribution in [0.25, 0.3) is 0 Å². The number of ether oxygens (including phenoxy) is 2. The molecule has 2 aliphatic rings. The Morgan fingerprint density at radius 2 is 2.08 bits per heavy atom. The van der Waals surface area contributed by atoms with E-state index < -0.39 is 0 Å². The second kappa shape index (κ2) is 3.56. The molecule has 0 spiro atoms. The maximum atomic E-state index is 5.60. The summed E-state index contributed by atoms with van der Waals surface area (Å²) in [6.45, 7) is 4.80. The molecule has 0 aromatic carbocycles. The fourth-order valence-corrected chi connectivity index (χ4v) is 2.34. The van der Waals surface area contributed by atoms with Crippen molar-refractivity contribution in [2.75, 3.05) is 26.8 Å².